The standard InChI is InChI=1S/C13H12ClN3O2/c14-13-15-10-7-8(12(18)19)3-4-9(10)11(16-13)17-5-1-2-6-17/h3-4,7H,1-2,5-6H2,(H,18,19). The number of anilines is 1. The Morgan fingerprint density at radius 2 is 2.00 bits per heavy atom. The third-order valence-electron chi connectivity index (χ3n) is 3.30. The van der Waals surface area contributed by atoms with Crippen LogP contribution < -0.4 is 4.90 Å². The summed E-state index contributed by atoms with van der Waals surface area (Å²) < 4.78 is 0. The second kappa shape index (κ2) is 4.66. The van der Waals surface area contributed by atoms with Crippen LogP contribution in [0.15, 0.2) is 18.2 Å². The quantitative estimate of drug-likeness (QED) is 0.855. The van der Waals surface area contributed by atoms with Crippen LogP contribution in [-0.4, -0.2) is 34.1 Å². The third-order valence-corrected chi connectivity index (χ3v) is 3.47. The van der Waals surface area contributed by atoms with E-state index in [-0.39, 0.29) is 10.8 Å². The highest BCUT2D eigenvalue weighted by atomic mass is 35.5. The molecule has 0 atom stereocenters. The number of carboxylic acids is 1. The number of rotatable bonds is 2. The number of hydrogen-bond acceptors (Lipinski definition) is 4. The van der Waals surface area contributed by atoms with Crippen LogP contribution in [0.25, 0.3) is 10.9 Å². The summed E-state index contributed by atoms with van der Waals surface area (Å²) in [7, 11) is 0. The van der Waals surface area contributed by atoms with Crippen molar-refractivity contribution >= 4 is 34.3 Å². The minimum Gasteiger partial charge on any atom is -0.478 e. The largest absolute Gasteiger partial charge is 0.478 e. The van der Waals surface area contributed by atoms with Crippen molar-refractivity contribution in [1.82, 2.24) is 9.97 Å². The lowest BCUT2D eigenvalue weighted by atomic mass is 10.1. The van der Waals surface area contributed by atoms with Crippen LogP contribution in [-0.2, 0) is 0 Å². The maximum Gasteiger partial charge on any atom is 0.335 e. The number of aromatic carboxylic acids is 1. The van der Waals surface area contributed by atoms with Gasteiger partial charge in [-0.2, -0.15) is 4.98 Å². The first-order valence-corrected chi connectivity index (χ1v) is 6.48. The molecule has 19 heavy (non-hydrogen) atoms. The van der Waals surface area contributed by atoms with Gasteiger partial charge in [-0.15, -0.1) is 0 Å². The molecule has 1 fully saturated rings. The maximum atomic E-state index is 11.0. The van der Waals surface area contributed by atoms with Gasteiger partial charge in [-0.3, -0.25) is 0 Å². The molecule has 3 rings (SSSR count). The van der Waals surface area contributed by atoms with Crippen molar-refractivity contribution in [2.45, 2.75) is 12.8 Å². The van der Waals surface area contributed by atoms with E-state index in [1.54, 1.807) is 12.1 Å². The van der Waals surface area contributed by atoms with Crippen LogP contribution in [0.1, 0.15) is 23.2 Å². The van der Waals surface area contributed by atoms with Gasteiger partial charge in [0.25, 0.3) is 0 Å². The van der Waals surface area contributed by atoms with Gasteiger partial charge in [0, 0.05) is 18.5 Å². The van der Waals surface area contributed by atoms with E-state index in [0.717, 1.165) is 37.1 Å². The molecule has 0 spiro atoms. The van der Waals surface area contributed by atoms with E-state index in [1.807, 2.05) is 0 Å². The van der Waals surface area contributed by atoms with Gasteiger partial charge in [-0.25, -0.2) is 9.78 Å². The molecule has 98 valence electrons. The molecule has 0 saturated carbocycles. The molecule has 0 amide bonds. The van der Waals surface area contributed by atoms with Gasteiger partial charge in [0.05, 0.1) is 11.1 Å². The molecule has 0 aliphatic carbocycles. The monoisotopic (exact) mass is 277 g/mol. The number of hydrogen-bond donors (Lipinski definition) is 1. The topological polar surface area (TPSA) is 66.3 Å². The Bertz CT molecular complexity index is 654. The van der Waals surface area contributed by atoms with E-state index >= 15 is 0 Å². The van der Waals surface area contributed by atoms with Crippen molar-refractivity contribution < 1.29 is 9.90 Å². The Kier molecular flexibility index (Phi) is 2.98. The highest BCUT2D eigenvalue weighted by Gasteiger charge is 2.18. The lowest BCUT2D eigenvalue weighted by molar-refractivity contribution is 0.0697. The van der Waals surface area contributed by atoms with Crippen molar-refractivity contribution in [3.63, 3.8) is 0 Å². The van der Waals surface area contributed by atoms with Gasteiger partial charge in [0.15, 0.2) is 0 Å². The molecule has 1 aliphatic heterocycles. The van der Waals surface area contributed by atoms with Crippen molar-refractivity contribution in [2.24, 2.45) is 0 Å². The molecule has 0 unspecified atom stereocenters. The van der Waals surface area contributed by atoms with Gasteiger partial charge >= 0.3 is 5.97 Å². The highest BCUT2D eigenvalue weighted by molar-refractivity contribution is 6.28. The lowest BCUT2D eigenvalue weighted by Gasteiger charge is -2.18. The fraction of sp³-hybridized carbons (Fsp3) is 0.308. The van der Waals surface area contributed by atoms with Gasteiger partial charge < -0.3 is 10.0 Å². The number of nitrogens with zero attached hydrogens (tertiary/aromatic N) is 3. The van der Waals surface area contributed by atoms with Crippen molar-refractivity contribution in [3.05, 3.63) is 29.0 Å². The van der Waals surface area contributed by atoms with Crippen LogP contribution in [0.4, 0.5) is 5.82 Å². The van der Waals surface area contributed by atoms with Gasteiger partial charge in [-0.1, -0.05) is 0 Å². The van der Waals surface area contributed by atoms with Gasteiger partial charge in [0.1, 0.15) is 5.82 Å². The molecule has 2 heterocycles. The first kappa shape index (κ1) is 12.2. The first-order valence-electron chi connectivity index (χ1n) is 6.11. The maximum absolute atomic E-state index is 11.0. The number of benzene rings is 1. The molecule has 2 aromatic rings. The van der Waals surface area contributed by atoms with Crippen molar-refractivity contribution in [1.29, 1.82) is 0 Å². The van der Waals surface area contributed by atoms with Crippen LogP contribution in [0.3, 0.4) is 0 Å². The average Bonchev–Trinajstić information content (AvgIpc) is 2.90. The number of aromatic nitrogens is 2. The summed E-state index contributed by atoms with van der Waals surface area (Å²) in [5, 5.41) is 10.0. The molecule has 0 bridgehead atoms. The fourth-order valence-corrected chi connectivity index (χ4v) is 2.56. The fourth-order valence-electron chi connectivity index (χ4n) is 2.39. The first-order chi connectivity index (χ1) is 9.15. The van der Waals surface area contributed by atoms with E-state index in [9.17, 15) is 4.79 Å². The lowest BCUT2D eigenvalue weighted by Crippen LogP contribution is -2.19. The van der Waals surface area contributed by atoms with Crippen LogP contribution in [0.2, 0.25) is 5.28 Å². The zero-order chi connectivity index (χ0) is 13.4. The van der Waals surface area contributed by atoms with E-state index in [0.29, 0.717) is 5.52 Å². The molecule has 1 aromatic carbocycles. The summed E-state index contributed by atoms with van der Waals surface area (Å²) >= 11 is 5.94. The third kappa shape index (κ3) is 2.21. The van der Waals surface area contributed by atoms with Crippen molar-refractivity contribution in [2.75, 3.05) is 18.0 Å². The van der Waals surface area contributed by atoms with E-state index in [2.05, 4.69) is 14.9 Å². The molecule has 1 aliphatic rings. The molecule has 1 aromatic heterocycles. The Labute approximate surface area is 114 Å². The molecular formula is C13H12ClN3O2. The van der Waals surface area contributed by atoms with Crippen molar-refractivity contribution in [3.8, 4) is 0 Å². The second-order valence-corrected chi connectivity index (χ2v) is 4.89. The number of carboxylic acid groups (broad SMARTS) is 1. The molecule has 0 radical (unpaired) electrons. The summed E-state index contributed by atoms with van der Waals surface area (Å²) in [5.74, 6) is -0.177. The summed E-state index contributed by atoms with van der Waals surface area (Å²) in [6.45, 7) is 1.90. The Balaban J connectivity index is 2.19. The van der Waals surface area contributed by atoms with E-state index in [1.165, 1.54) is 6.07 Å². The minimum atomic E-state index is -0.973. The molecular weight excluding hydrogens is 266 g/mol. The normalized spacial score (nSPS) is 15.1. The van der Waals surface area contributed by atoms with E-state index in [4.69, 9.17) is 16.7 Å². The van der Waals surface area contributed by atoms with Crippen LogP contribution in [0, 0.1) is 0 Å². The smallest absolute Gasteiger partial charge is 0.335 e. The number of halogens is 1. The second-order valence-electron chi connectivity index (χ2n) is 4.55. The zero-order valence-corrected chi connectivity index (χ0v) is 10.9. The number of carbonyl (C=O) groups is 1. The predicted molar refractivity (Wildman–Crippen MR) is 73.0 cm³/mol. The molecule has 1 N–H and O–H groups in total. The summed E-state index contributed by atoms with van der Waals surface area (Å²) in [6.07, 6.45) is 2.27. The SMILES string of the molecule is O=C(O)c1ccc2c(N3CCCC3)nc(Cl)nc2c1. The Morgan fingerprint density at radius 1 is 1.26 bits per heavy atom. The minimum absolute atomic E-state index is 0.150. The summed E-state index contributed by atoms with van der Waals surface area (Å²) in [5.41, 5.74) is 0.774. The van der Waals surface area contributed by atoms with Crippen LogP contribution >= 0.6 is 11.6 Å². The summed E-state index contributed by atoms with van der Waals surface area (Å²) in [4.78, 5) is 21.6. The molecule has 1 saturated heterocycles. The number of fused-ring (bicyclic) bond motifs is 1. The summed E-state index contributed by atoms with van der Waals surface area (Å²) in [6, 6.07) is 4.86. The van der Waals surface area contributed by atoms with Crippen LogP contribution in [0.5, 0.6) is 0 Å². The molecule has 5 nitrogen and oxygen atoms in total. The Morgan fingerprint density at radius 3 is 2.68 bits per heavy atom. The molecule has 6 heteroatoms. The van der Waals surface area contributed by atoms with E-state index < -0.39 is 5.97 Å². The predicted octanol–water partition coefficient (Wildman–Crippen LogP) is 2.58. The van der Waals surface area contributed by atoms with Gasteiger partial charge in [-0.05, 0) is 42.6 Å². The average molecular weight is 278 g/mol. The highest BCUT2D eigenvalue weighted by Crippen LogP contribution is 2.28. The Hall–Kier alpha value is -1.88. The zero-order valence-electron chi connectivity index (χ0n) is 10.1. The van der Waals surface area contributed by atoms with Gasteiger partial charge in [0.2, 0.25) is 5.28 Å².